The number of hydrogen-bond donors (Lipinski definition) is 3. The Hall–Kier alpha value is -1.73. The van der Waals surface area contributed by atoms with Crippen LogP contribution in [-0.2, 0) is 4.74 Å². The van der Waals surface area contributed by atoms with Crippen LogP contribution in [0.2, 0.25) is 0 Å². The van der Waals surface area contributed by atoms with Crippen molar-refractivity contribution < 1.29 is 9.84 Å². The molecule has 0 saturated carbocycles. The van der Waals surface area contributed by atoms with Gasteiger partial charge in [0, 0.05) is 12.2 Å². The van der Waals surface area contributed by atoms with Crippen molar-refractivity contribution in [1.29, 1.82) is 5.41 Å². The van der Waals surface area contributed by atoms with Crippen LogP contribution in [0.25, 0.3) is 0 Å². The van der Waals surface area contributed by atoms with Gasteiger partial charge in [-0.25, -0.2) is 9.97 Å². The number of aromatic nitrogens is 2. The van der Waals surface area contributed by atoms with Gasteiger partial charge in [-0.05, 0) is 19.9 Å². The molecule has 104 valence electrons. The van der Waals surface area contributed by atoms with Gasteiger partial charge in [0.05, 0.1) is 25.4 Å². The summed E-state index contributed by atoms with van der Waals surface area (Å²) in [7, 11) is 0. The normalized spacial score (nSPS) is 23.4. The molecule has 0 radical (unpaired) electrons. The number of nitrogens with one attached hydrogen (secondary N) is 1. The van der Waals surface area contributed by atoms with Crippen LogP contribution in [0.15, 0.2) is 6.07 Å². The van der Waals surface area contributed by atoms with Crippen molar-refractivity contribution in [1.82, 2.24) is 9.97 Å². The summed E-state index contributed by atoms with van der Waals surface area (Å²) in [5.74, 6) is 0.450. The molecule has 2 atom stereocenters. The van der Waals surface area contributed by atoms with E-state index < -0.39 is 0 Å². The van der Waals surface area contributed by atoms with Gasteiger partial charge < -0.3 is 20.5 Å². The Morgan fingerprint density at radius 1 is 1.63 bits per heavy atom. The van der Waals surface area contributed by atoms with E-state index in [1.807, 2.05) is 18.7 Å². The lowest BCUT2D eigenvalue weighted by atomic mass is 10.2. The van der Waals surface area contributed by atoms with Gasteiger partial charge >= 0.3 is 0 Å². The third-order valence-corrected chi connectivity index (χ3v) is 3.08. The van der Waals surface area contributed by atoms with Crippen LogP contribution in [0.5, 0.6) is 0 Å². The topological polar surface area (TPSA) is 108 Å². The van der Waals surface area contributed by atoms with E-state index in [1.54, 1.807) is 6.07 Å². The minimum Gasteiger partial charge on any atom is -0.394 e. The standard InChI is InChI=1S/C12H19N5O2/c1-7-3-10(11(13)14)16-12(15-7)17-4-9(5-18)19-6-8(17)2/h3,8-9,18H,4-6H2,1-2H3,(H3,13,14). The molecule has 7 heteroatoms. The molecule has 4 N–H and O–H groups in total. The van der Waals surface area contributed by atoms with E-state index in [0.29, 0.717) is 24.8 Å². The smallest absolute Gasteiger partial charge is 0.226 e. The predicted octanol–water partition coefficient (Wildman–Crippen LogP) is -0.345. The number of nitrogens with two attached hydrogens (primary N) is 1. The molecule has 1 aromatic heterocycles. The first kappa shape index (κ1) is 13.7. The van der Waals surface area contributed by atoms with Crippen molar-refractivity contribution in [2.24, 2.45) is 5.73 Å². The van der Waals surface area contributed by atoms with Gasteiger partial charge in [0.15, 0.2) is 0 Å². The lowest BCUT2D eigenvalue weighted by Gasteiger charge is -2.37. The second kappa shape index (κ2) is 5.50. The fourth-order valence-electron chi connectivity index (χ4n) is 2.03. The summed E-state index contributed by atoms with van der Waals surface area (Å²) in [5, 5.41) is 16.7. The monoisotopic (exact) mass is 265 g/mol. The van der Waals surface area contributed by atoms with Gasteiger partial charge in [-0.3, -0.25) is 5.41 Å². The zero-order valence-corrected chi connectivity index (χ0v) is 11.1. The summed E-state index contributed by atoms with van der Waals surface area (Å²) in [6.07, 6.45) is -0.235. The van der Waals surface area contributed by atoms with Crippen molar-refractivity contribution in [3.05, 3.63) is 17.5 Å². The van der Waals surface area contributed by atoms with Crippen LogP contribution in [0.3, 0.4) is 0 Å². The molecule has 2 unspecified atom stereocenters. The Labute approximate surface area is 111 Å². The van der Waals surface area contributed by atoms with Crippen LogP contribution in [0.4, 0.5) is 5.95 Å². The average Bonchev–Trinajstić information content (AvgIpc) is 2.38. The number of nitrogens with zero attached hydrogens (tertiary/aromatic N) is 3. The Morgan fingerprint density at radius 2 is 2.37 bits per heavy atom. The minimum atomic E-state index is -0.235. The molecular formula is C12H19N5O2. The molecular weight excluding hydrogens is 246 g/mol. The number of aliphatic hydroxyl groups excluding tert-OH is 1. The number of anilines is 1. The maximum absolute atomic E-state index is 9.19. The maximum atomic E-state index is 9.19. The highest BCUT2D eigenvalue weighted by atomic mass is 16.5. The Balaban J connectivity index is 2.31. The number of amidine groups is 1. The number of ether oxygens (including phenoxy) is 1. The molecule has 1 aliphatic rings. The SMILES string of the molecule is Cc1cc(C(=N)N)nc(N2CC(CO)OCC2C)n1. The fourth-order valence-corrected chi connectivity index (χ4v) is 2.03. The molecule has 1 fully saturated rings. The Morgan fingerprint density at radius 3 is 3.00 bits per heavy atom. The van der Waals surface area contributed by atoms with E-state index in [1.165, 1.54) is 0 Å². The molecule has 1 saturated heterocycles. The summed E-state index contributed by atoms with van der Waals surface area (Å²) in [6.45, 7) is 4.85. The zero-order chi connectivity index (χ0) is 14.0. The molecule has 1 aromatic rings. The highest BCUT2D eigenvalue weighted by molar-refractivity contribution is 5.93. The van der Waals surface area contributed by atoms with E-state index in [-0.39, 0.29) is 24.6 Å². The number of hydrogen-bond acceptors (Lipinski definition) is 6. The van der Waals surface area contributed by atoms with Crippen molar-refractivity contribution in [3.8, 4) is 0 Å². The third kappa shape index (κ3) is 2.99. The third-order valence-electron chi connectivity index (χ3n) is 3.08. The molecule has 0 aromatic carbocycles. The molecule has 0 aliphatic carbocycles. The number of nitrogen functional groups attached to an aromatic ring is 1. The van der Waals surface area contributed by atoms with Crippen molar-refractivity contribution in [3.63, 3.8) is 0 Å². The molecule has 1 aliphatic heterocycles. The average molecular weight is 265 g/mol. The Bertz CT molecular complexity index is 479. The van der Waals surface area contributed by atoms with Crippen molar-refractivity contribution in [2.45, 2.75) is 26.0 Å². The Kier molecular flexibility index (Phi) is 3.96. The van der Waals surface area contributed by atoms with Crippen LogP contribution in [0.1, 0.15) is 18.3 Å². The summed E-state index contributed by atoms with van der Waals surface area (Å²) in [4.78, 5) is 10.7. The van der Waals surface area contributed by atoms with Crippen LogP contribution in [0, 0.1) is 12.3 Å². The van der Waals surface area contributed by atoms with Crippen LogP contribution in [-0.4, -0.2) is 52.8 Å². The molecule has 0 bridgehead atoms. The molecule has 2 heterocycles. The van der Waals surface area contributed by atoms with E-state index >= 15 is 0 Å². The summed E-state index contributed by atoms with van der Waals surface area (Å²) >= 11 is 0. The minimum absolute atomic E-state index is 0.0331. The maximum Gasteiger partial charge on any atom is 0.226 e. The van der Waals surface area contributed by atoms with Gasteiger partial charge in [-0.1, -0.05) is 0 Å². The van der Waals surface area contributed by atoms with Gasteiger partial charge in [0.2, 0.25) is 5.95 Å². The van der Waals surface area contributed by atoms with Crippen molar-refractivity contribution >= 4 is 11.8 Å². The van der Waals surface area contributed by atoms with Gasteiger partial charge in [0.1, 0.15) is 11.5 Å². The highest BCUT2D eigenvalue weighted by Gasteiger charge is 2.28. The van der Waals surface area contributed by atoms with E-state index in [4.69, 9.17) is 15.9 Å². The molecule has 2 rings (SSSR count). The lowest BCUT2D eigenvalue weighted by molar-refractivity contribution is -0.0108. The fraction of sp³-hybridized carbons (Fsp3) is 0.583. The highest BCUT2D eigenvalue weighted by Crippen LogP contribution is 2.18. The first-order valence-corrected chi connectivity index (χ1v) is 6.20. The number of morpholine rings is 1. The summed E-state index contributed by atoms with van der Waals surface area (Å²) in [6, 6.07) is 1.80. The molecule has 0 amide bonds. The quantitative estimate of drug-likeness (QED) is 0.509. The first-order chi connectivity index (χ1) is 9.01. The number of rotatable bonds is 3. The molecule has 7 nitrogen and oxygen atoms in total. The van der Waals surface area contributed by atoms with E-state index in [9.17, 15) is 5.11 Å². The largest absolute Gasteiger partial charge is 0.394 e. The second-order valence-electron chi connectivity index (χ2n) is 4.75. The zero-order valence-electron chi connectivity index (χ0n) is 11.1. The first-order valence-electron chi connectivity index (χ1n) is 6.20. The van der Waals surface area contributed by atoms with E-state index in [0.717, 1.165) is 5.69 Å². The van der Waals surface area contributed by atoms with Crippen LogP contribution < -0.4 is 10.6 Å². The molecule has 19 heavy (non-hydrogen) atoms. The summed E-state index contributed by atoms with van der Waals surface area (Å²) < 4.78 is 5.48. The van der Waals surface area contributed by atoms with E-state index in [2.05, 4.69) is 9.97 Å². The summed E-state index contributed by atoms with van der Waals surface area (Å²) in [5.41, 5.74) is 6.66. The number of aliphatic hydroxyl groups is 1. The van der Waals surface area contributed by atoms with Gasteiger partial charge in [-0.2, -0.15) is 0 Å². The predicted molar refractivity (Wildman–Crippen MR) is 71.4 cm³/mol. The van der Waals surface area contributed by atoms with Crippen molar-refractivity contribution in [2.75, 3.05) is 24.7 Å². The lowest BCUT2D eigenvalue weighted by Crippen LogP contribution is -2.50. The van der Waals surface area contributed by atoms with Gasteiger partial charge in [0.25, 0.3) is 0 Å². The number of aryl methyl sites for hydroxylation is 1. The second-order valence-corrected chi connectivity index (χ2v) is 4.75. The van der Waals surface area contributed by atoms with Crippen LogP contribution >= 0.6 is 0 Å². The molecule has 0 spiro atoms. The van der Waals surface area contributed by atoms with Gasteiger partial charge in [-0.15, -0.1) is 0 Å².